The van der Waals surface area contributed by atoms with Crippen LogP contribution in [0.2, 0.25) is 0 Å². The third kappa shape index (κ3) is 3.10. The van der Waals surface area contributed by atoms with Crippen LogP contribution < -0.4 is 10.6 Å². The van der Waals surface area contributed by atoms with Crippen LogP contribution in [0.15, 0.2) is 0 Å². The smallest absolute Gasteiger partial charge is 0.329 e. The SMILES string of the molecule is O=C(NCC1CCCS1)NC1(C(=O)O)CCCC1. The van der Waals surface area contributed by atoms with Crippen molar-refractivity contribution in [2.45, 2.75) is 49.3 Å². The molecule has 0 aromatic heterocycles. The Bertz CT molecular complexity index is 323. The molecule has 1 saturated heterocycles. The Hall–Kier alpha value is -0.910. The van der Waals surface area contributed by atoms with Crippen molar-refractivity contribution in [3.8, 4) is 0 Å². The molecule has 0 radical (unpaired) electrons. The summed E-state index contributed by atoms with van der Waals surface area (Å²) in [7, 11) is 0. The molecular weight excluding hydrogens is 252 g/mol. The van der Waals surface area contributed by atoms with Crippen molar-refractivity contribution in [1.82, 2.24) is 10.6 Å². The summed E-state index contributed by atoms with van der Waals surface area (Å²) in [5.41, 5.74) is -1.03. The summed E-state index contributed by atoms with van der Waals surface area (Å²) in [6, 6.07) is -0.341. The van der Waals surface area contributed by atoms with Crippen LogP contribution in [0.5, 0.6) is 0 Å². The first-order valence-electron chi connectivity index (χ1n) is 6.53. The predicted molar refractivity (Wildman–Crippen MR) is 70.8 cm³/mol. The van der Waals surface area contributed by atoms with Crippen LogP contribution in [0.25, 0.3) is 0 Å². The molecule has 2 fully saturated rings. The second-order valence-corrected chi connectivity index (χ2v) is 6.47. The molecule has 102 valence electrons. The zero-order valence-electron chi connectivity index (χ0n) is 10.4. The normalized spacial score (nSPS) is 25.9. The first kappa shape index (κ1) is 13.5. The third-order valence-corrected chi connectivity index (χ3v) is 5.13. The fourth-order valence-corrected chi connectivity index (χ4v) is 3.85. The summed E-state index contributed by atoms with van der Waals surface area (Å²) in [5, 5.41) is 15.2. The van der Waals surface area contributed by atoms with Crippen molar-refractivity contribution in [3.63, 3.8) is 0 Å². The number of aliphatic carboxylic acids is 1. The van der Waals surface area contributed by atoms with Crippen LogP contribution in [0.3, 0.4) is 0 Å². The third-order valence-electron chi connectivity index (χ3n) is 3.73. The van der Waals surface area contributed by atoms with E-state index in [-0.39, 0.29) is 6.03 Å². The maximum absolute atomic E-state index is 11.8. The van der Waals surface area contributed by atoms with Gasteiger partial charge in [-0.15, -0.1) is 0 Å². The van der Waals surface area contributed by atoms with Crippen molar-refractivity contribution in [1.29, 1.82) is 0 Å². The average Bonchev–Trinajstić information content (AvgIpc) is 2.97. The maximum atomic E-state index is 11.8. The number of carbonyl (C=O) groups excluding carboxylic acids is 1. The molecule has 2 aliphatic rings. The first-order chi connectivity index (χ1) is 8.62. The monoisotopic (exact) mass is 272 g/mol. The van der Waals surface area contributed by atoms with Crippen LogP contribution >= 0.6 is 11.8 Å². The molecule has 0 bridgehead atoms. The van der Waals surface area contributed by atoms with E-state index >= 15 is 0 Å². The van der Waals surface area contributed by atoms with Crippen molar-refractivity contribution < 1.29 is 14.7 Å². The molecular formula is C12H20N2O3S. The second-order valence-electron chi connectivity index (χ2n) is 5.06. The van der Waals surface area contributed by atoms with Gasteiger partial charge >= 0.3 is 12.0 Å². The number of hydrogen-bond acceptors (Lipinski definition) is 3. The molecule has 1 aliphatic heterocycles. The molecule has 1 unspecified atom stereocenters. The minimum absolute atomic E-state index is 0.341. The fraction of sp³-hybridized carbons (Fsp3) is 0.833. The summed E-state index contributed by atoms with van der Waals surface area (Å²) < 4.78 is 0. The van der Waals surface area contributed by atoms with E-state index in [1.807, 2.05) is 11.8 Å². The molecule has 5 nitrogen and oxygen atoms in total. The number of hydrogen-bond donors (Lipinski definition) is 3. The average molecular weight is 272 g/mol. The molecule has 0 aromatic carbocycles. The van der Waals surface area contributed by atoms with E-state index in [1.54, 1.807) is 0 Å². The number of nitrogens with one attached hydrogen (secondary N) is 2. The van der Waals surface area contributed by atoms with Gasteiger partial charge in [0.25, 0.3) is 0 Å². The lowest BCUT2D eigenvalue weighted by atomic mass is 9.98. The highest BCUT2D eigenvalue weighted by Gasteiger charge is 2.42. The molecule has 6 heteroatoms. The maximum Gasteiger partial charge on any atom is 0.329 e. The summed E-state index contributed by atoms with van der Waals surface area (Å²) in [5.74, 6) is 0.248. The standard InChI is InChI=1S/C12H20N2O3S/c15-10(16)12(5-1-2-6-12)14-11(17)13-8-9-4-3-7-18-9/h9H,1-8H2,(H,15,16)(H2,13,14,17). The van der Waals surface area contributed by atoms with E-state index in [9.17, 15) is 14.7 Å². The number of carbonyl (C=O) groups is 2. The molecule has 3 N–H and O–H groups in total. The zero-order valence-corrected chi connectivity index (χ0v) is 11.2. The van der Waals surface area contributed by atoms with Gasteiger partial charge in [-0.1, -0.05) is 12.8 Å². The fourth-order valence-electron chi connectivity index (χ4n) is 2.64. The summed E-state index contributed by atoms with van der Waals surface area (Å²) in [4.78, 5) is 23.0. The number of rotatable bonds is 4. The number of carboxylic acid groups (broad SMARTS) is 1. The van der Waals surface area contributed by atoms with Gasteiger partial charge in [-0.3, -0.25) is 0 Å². The van der Waals surface area contributed by atoms with Crippen molar-refractivity contribution >= 4 is 23.8 Å². The minimum Gasteiger partial charge on any atom is -0.480 e. The van der Waals surface area contributed by atoms with Gasteiger partial charge in [0.05, 0.1) is 0 Å². The molecule has 2 rings (SSSR count). The van der Waals surface area contributed by atoms with Crippen LogP contribution in [-0.4, -0.2) is 40.2 Å². The van der Waals surface area contributed by atoms with Gasteiger partial charge < -0.3 is 15.7 Å². The van der Waals surface area contributed by atoms with Gasteiger partial charge in [-0.25, -0.2) is 9.59 Å². The van der Waals surface area contributed by atoms with Gasteiger partial charge in [0, 0.05) is 11.8 Å². The Kier molecular flexibility index (Phi) is 4.37. The lowest BCUT2D eigenvalue weighted by molar-refractivity contribution is -0.144. The Morgan fingerprint density at radius 1 is 1.28 bits per heavy atom. The van der Waals surface area contributed by atoms with E-state index in [1.165, 1.54) is 6.42 Å². The Labute approximate surface area is 111 Å². The van der Waals surface area contributed by atoms with Gasteiger partial charge in [0.1, 0.15) is 5.54 Å². The van der Waals surface area contributed by atoms with Gasteiger partial charge in [0.15, 0.2) is 0 Å². The van der Waals surface area contributed by atoms with E-state index in [0.29, 0.717) is 24.6 Å². The molecule has 1 saturated carbocycles. The van der Waals surface area contributed by atoms with Gasteiger partial charge in [0.2, 0.25) is 0 Å². The zero-order chi connectivity index (χ0) is 13.0. The molecule has 1 heterocycles. The first-order valence-corrected chi connectivity index (χ1v) is 7.58. The lowest BCUT2D eigenvalue weighted by Crippen LogP contribution is -2.56. The number of urea groups is 1. The molecule has 0 spiro atoms. The Morgan fingerprint density at radius 2 is 2.00 bits per heavy atom. The molecule has 2 amide bonds. The summed E-state index contributed by atoms with van der Waals surface area (Å²) in [6.07, 6.45) is 5.14. The number of thioether (sulfide) groups is 1. The van der Waals surface area contributed by atoms with Crippen LogP contribution in [0.4, 0.5) is 4.79 Å². The van der Waals surface area contributed by atoms with Crippen LogP contribution in [0.1, 0.15) is 38.5 Å². The van der Waals surface area contributed by atoms with E-state index in [0.717, 1.165) is 25.0 Å². The van der Waals surface area contributed by atoms with Crippen molar-refractivity contribution in [2.75, 3.05) is 12.3 Å². The summed E-state index contributed by atoms with van der Waals surface area (Å²) >= 11 is 1.87. The molecule has 18 heavy (non-hydrogen) atoms. The van der Waals surface area contributed by atoms with E-state index in [4.69, 9.17) is 0 Å². The Balaban J connectivity index is 1.80. The highest BCUT2D eigenvalue weighted by atomic mass is 32.2. The second kappa shape index (κ2) is 5.82. The van der Waals surface area contributed by atoms with Crippen molar-refractivity contribution in [2.24, 2.45) is 0 Å². The highest BCUT2D eigenvalue weighted by molar-refractivity contribution is 8.00. The topological polar surface area (TPSA) is 78.4 Å². The minimum atomic E-state index is -1.03. The van der Waals surface area contributed by atoms with E-state index < -0.39 is 11.5 Å². The quantitative estimate of drug-likeness (QED) is 0.726. The largest absolute Gasteiger partial charge is 0.480 e. The van der Waals surface area contributed by atoms with Gasteiger partial charge in [-0.05, 0) is 31.4 Å². The molecule has 1 atom stereocenters. The van der Waals surface area contributed by atoms with E-state index in [2.05, 4.69) is 10.6 Å². The number of amides is 2. The Morgan fingerprint density at radius 3 is 2.56 bits per heavy atom. The van der Waals surface area contributed by atoms with Gasteiger partial charge in [-0.2, -0.15) is 11.8 Å². The van der Waals surface area contributed by atoms with Crippen LogP contribution in [0, 0.1) is 0 Å². The van der Waals surface area contributed by atoms with Crippen molar-refractivity contribution in [3.05, 3.63) is 0 Å². The molecule has 1 aliphatic carbocycles. The number of carboxylic acids is 1. The molecule has 0 aromatic rings. The lowest BCUT2D eigenvalue weighted by Gasteiger charge is -2.25. The van der Waals surface area contributed by atoms with Crippen LogP contribution in [-0.2, 0) is 4.79 Å². The highest BCUT2D eigenvalue weighted by Crippen LogP contribution is 2.30. The summed E-state index contributed by atoms with van der Waals surface area (Å²) in [6.45, 7) is 0.631. The predicted octanol–water partition coefficient (Wildman–Crippen LogP) is 1.58.